The molecule has 1 atom stereocenters. The maximum Gasteiger partial charge on any atom is 0.274 e. The second-order valence-corrected chi connectivity index (χ2v) is 7.89. The Morgan fingerprint density at radius 2 is 2.21 bits per heavy atom. The van der Waals surface area contributed by atoms with Crippen LogP contribution >= 0.6 is 0 Å². The summed E-state index contributed by atoms with van der Waals surface area (Å²) >= 11 is 0. The Bertz CT molecular complexity index is 991. The Labute approximate surface area is 170 Å². The molecular formula is C22H27N5O2. The highest BCUT2D eigenvalue weighted by Gasteiger charge is 2.33. The quantitative estimate of drug-likeness (QED) is 0.713. The summed E-state index contributed by atoms with van der Waals surface area (Å²) in [4.78, 5) is 20.3. The number of piperazine rings is 1. The largest absolute Gasteiger partial charge is 0.461 e. The van der Waals surface area contributed by atoms with Crippen molar-refractivity contribution in [3.05, 3.63) is 47.6 Å². The molecule has 1 amide bonds. The van der Waals surface area contributed by atoms with E-state index in [1.54, 1.807) is 0 Å². The van der Waals surface area contributed by atoms with Crippen LogP contribution in [0.15, 0.2) is 34.7 Å². The van der Waals surface area contributed by atoms with Gasteiger partial charge in [-0.05, 0) is 31.0 Å². The molecule has 7 nitrogen and oxygen atoms in total. The number of carbonyl (C=O) groups is 1. The summed E-state index contributed by atoms with van der Waals surface area (Å²) < 4.78 is 8.19. The van der Waals surface area contributed by atoms with Crippen LogP contribution in [0.1, 0.15) is 34.9 Å². The van der Waals surface area contributed by atoms with Crippen molar-refractivity contribution in [3.8, 4) is 11.3 Å². The van der Waals surface area contributed by atoms with Gasteiger partial charge in [-0.2, -0.15) is 0 Å². The monoisotopic (exact) mass is 393 g/mol. The maximum absolute atomic E-state index is 13.7. The molecule has 0 saturated carbocycles. The number of carbonyl (C=O) groups excluding carboxylic acids is 1. The first-order valence-corrected chi connectivity index (χ1v) is 10.5. The molecule has 3 aliphatic heterocycles. The van der Waals surface area contributed by atoms with E-state index in [-0.39, 0.29) is 11.9 Å². The van der Waals surface area contributed by atoms with E-state index < -0.39 is 0 Å². The molecule has 0 spiro atoms. The third kappa shape index (κ3) is 3.29. The van der Waals surface area contributed by atoms with Crippen molar-refractivity contribution >= 4 is 11.7 Å². The summed E-state index contributed by atoms with van der Waals surface area (Å²) in [6, 6.07) is 10.2. The van der Waals surface area contributed by atoms with Crippen molar-refractivity contribution < 1.29 is 9.21 Å². The molecule has 4 aliphatic rings. The van der Waals surface area contributed by atoms with Crippen LogP contribution in [-0.4, -0.2) is 53.1 Å². The molecule has 0 radical (unpaired) electrons. The van der Waals surface area contributed by atoms with Crippen molar-refractivity contribution in [1.29, 1.82) is 0 Å². The third-order valence-corrected chi connectivity index (χ3v) is 6.06. The average Bonchev–Trinajstić information content (AvgIpc) is 3.37. The molecule has 1 saturated heterocycles. The summed E-state index contributed by atoms with van der Waals surface area (Å²) in [7, 11) is 1.84. The molecule has 4 heterocycles. The van der Waals surface area contributed by atoms with Gasteiger partial charge in [0.15, 0.2) is 11.5 Å². The van der Waals surface area contributed by atoms with E-state index in [2.05, 4.69) is 21.3 Å². The van der Waals surface area contributed by atoms with Gasteiger partial charge in [0, 0.05) is 51.6 Å². The summed E-state index contributed by atoms with van der Waals surface area (Å²) in [5.41, 5.74) is 1.81. The number of hydrogen-bond acceptors (Lipinski definition) is 5. The molecule has 2 N–H and O–H groups in total. The summed E-state index contributed by atoms with van der Waals surface area (Å²) in [6.45, 7) is 3.12. The van der Waals surface area contributed by atoms with E-state index in [0.717, 1.165) is 61.8 Å². The van der Waals surface area contributed by atoms with Crippen LogP contribution in [0.2, 0.25) is 0 Å². The first-order valence-electron chi connectivity index (χ1n) is 10.5. The van der Waals surface area contributed by atoms with E-state index in [1.165, 1.54) is 0 Å². The zero-order valence-corrected chi connectivity index (χ0v) is 16.8. The molecule has 5 rings (SSSR count). The number of amides is 1. The van der Waals surface area contributed by atoms with Gasteiger partial charge in [-0.3, -0.25) is 4.79 Å². The van der Waals surface area contributed by atoms with Crippen LogP contribution < -0.4 is 10.6 Å². The lowest BCUT2D eigenvalue weighted by Gasteiger charge is -2.36. The number of aryl methyl sites for hydroxylation is 1. The number of nitrogens with zero attached hydrogens (tertiary/aromatic N) is 3. The highest BCUT2D eigenvalue weighted by molar-refractivity contribution is 5.97. The SMILES string of the molecule is CNc1nc2n(c1C(=O)N1CCNCC1Cc1ccc3cccc-3o1)CCCC2. The van der Waals surface area contributed by atoms with Gasteiger partial charge in [0.05, 0.1) is 6.04 Å². The number of aromatic nitrogens is 2. The van der Waals surface area contributed by atoms with Crippen LogP contribution in [0.25, 0.3) is 11.3 Å². The Kier molecular flexibility index (Phi) is 4.75. The minimum absolute atomic E-state index is 0.0480. The predicted octanol–water partition coefficient (Wildman–Crippen LogP) is 2.62. The molecule has 1 aromatic rings. The number of nitrogens with one attached hydrogen (secondary N) is 2. The Balaban J connectivity index is 1.43. The number of fused-ring (bicyclic) bond motifs is 2. The molecule has 152 valence electrons. The highest BCUT2D eigenvalue weighted by atomic mass is 16.3. The lowest BCUT2D eigenvalue weighted by molar-refractivity contribution is 0.0619. The molecule has 1 unspecified atom stereocenters. The third-order valence-electron chi connectivity index (χ3n) is 6.06. The molecular weight excluding hydrogens is 366 g/mol. The van der Waals surface area contributed by atoms with Crippen molar-refractivity contribution in [2.75, 3.05) is 32.0 Å². The van der Waals surface area contributed by atoms with Gasteiger partial charge in [0.1, 0.15) is 17.3 Å². The van der Waals surface area contributed by atoms with Crippen LogP contribution in [-0.2, 0) is 19.4 Å². The molecule has 1 fully saturated rings. The number of imidazole rings is 1. The average molecular weight is 393 g/mol. The van der Waals surface area contributed by atoms with Crippen LogP contribution in [0.4, 0.5) is 5.82 Å². The van der Waals surface area contributed by atoms with E-state index in [1.807, 2.05) is 36.2 Å². The fourth-order valence-corrected chi connectivity index (χ4v) is 4.57. The van der Waals surface area contributed by atoms with E-state index in [4.69, 9.17) is 9.40 Å². The molecule has 1 aromatic heterocycles. The molecule has 29 heavy (non-hydrogen) atoms. The molecule has 0 bridgehead atoms. The van der Waals surface area contributed by atoms with Crippen molar-refractivity contribution in [2.45, 2.75) is 38.3 Å². The van der Waals surface area contributed by atoms with Gasteiger partial charge < -0.3 is 24.5 Å². The van der Waals surface area contributed by atoms with Crippen molar-refractivity contribution in [3.63, 3.8) is 0 Å². The normalized spacial score (nSPS) is 19.3. The zero-order chi connectivity index (χ0) is 19.8. The van der Waals surface area contributed by atoms with E-state index in [9.17, 15) is 4.79 Å². The summed E-state index contributed by atoms with van der Waals surface area (Å²) in [6.07, 6.45) is 3.85. The second kappa shape index (κ2) is 7.55. The van der Waals surface area contributed by atoms with Gasteiger partial charge in [0.25, 0.3) is 5.91 Å². The topological polar surface area (TPSA) is 75.3 Å². The molecule has 1 aliphatic carbocycles. The van der Waals surface area contributed by atoms with E-state index in [0.29, 0.717) is 24.5 Å². The summed E-state index contributed by atoms with van der Waals surface area (Å²) in [5.74, 6) is 3.58. The lowest BCUT2D eigenvalue weighted by atomic mass is 10.1. The zero-order valence-electron chi connectivity index (χ0n) is 16.8. The lowest BCUT2D eigenvalue weighted by Crippen LogP contribution is -2.55. The van der Waals surface area contributed by atoms with Gasteiger partial charge >= 0.3 is 0 Å². The minimum atomic E-state index is 0.0480. The van der Waals surface area contributed by atoms with Gasteiger partial charge in [-0.15, -0.1) is 0 Å². The fourth-order valence-electron chi connectivity index (χ4n) is 4.57. The maximum atomic E-state index is 13.7. The summed E-state index contributed by atoms with van der Waals surface area (Å²) in [5, 5.41) is 6.58. The standard InChI is InChI=1S/C22H27N5O2/c1-23-21-20(27-11-3-2-7-19(27)25-21)22(28)26-12-10-24-14-16(26)13-17-9-8-15-5-4-6-18(15)29-17/h4-6,8-9,16,23-24H,2-3,7,10-14H2,1H3. The predicted molar refractivity (Wildman–Crippen MR) is 111 cm³/mol. The van der Waals surface area contributed by atoms with Gasteiger partial charge in [-0.25, -0.2) is 4.98 Å². The number of hydrogen-bond donors (Lipinski definition) is 2. The van der Waals surface area contributed by atoms with E-state index >= 15 is 0 Å². The first-order chi connectivity index (χ1) is 14.2. The van der Waals surface area contributed by atoms with Gasteiger partial charge in [-0.1, -0.05) is 12.1 Å². The minimum Gasteiger partial charge on any atom is -0.461 e. The first kappa shape index (κ1) is 18.2. The van der Waals surface area contributed by atoms with Crippen LogP contribution in [0.3, 0.4) is 0 Å². The smallest absolute Gasteiger partial charge is 0.274 e. The van der Waals surface area contributed by atoms with Gasteiger partial charge in [0.2, 0.25) is 0 Å². The van der Waals surface area contributed by atoms with Crippen molar-refractivity contribution in [1.82, 2.24) is 19.8 Å². The number of rotatable bonds is 4. The fraction of sp³-hybridized carbons (Fsp3) is 0.455. The Morgan fingerprint density at radius 3 is 3.10 bits per heavy atom. The van der Waals surface area contributed by atoms with Crippen LogP contribution in [0.5, 0.6) is 0 Å². The molecule has 0 aromatic carbocycles. The highest BCUT2D eigenvalue weighted by Crippen LogP contribution is 2.28. The second-order valence-electron chi connectivity index (χ2n) is 7.89. The number of anilines is 1. The van der Waals surface area contributed by atoms with Crippen LogP contribution in [0, 0.1) is 0 Å². The Morgan fingerprint density at radius 1 is 1.28 bits per heavy atom. The molecule has 7 heteroatoms. The van der Waals surface area contributed by atoms with Crippen molar-refractivity contribution in [2.24, 2.45) is 0 Å². The Hall–Kier alpha value is -2.80.